The fraction of sp³-hybridized carbons (Fsp3) is 0.614. The second kappa shape index (κ2) is 35.1. The highest BCUT2D eigenvalue weighted by atomic mass is 31.2. The summed E-state index contributed by atoms with van der Waals surface area (Å²) < 4.78 is 23.0. The van der Waals surface area contributed by atoms with Crippen molar-refractivity contribution in [2.45, 2.75) is 135 Å². The molecule has 1 amide bonds. The summed E-state index contributed by atoms with van der Waals surface area (Å²) in [5, 5.41) is 13.6. The van der Waals surface area contributed by atoms with Gasteiger partial charge in [0.05, 0.1) is 39.9 Å². The quantitative estimate of drug-likeness (QED) is 0.0293. The average Bonchev–Trinajstić information content (AvgIpc) is 3.10. The van der Waals surface area contributed by atoms with Crippen LogP contribution in [0.1, 0.15) is 123 Å². The predicted molar refractivity (Wildman–Crippen MR) is 223 cm³/mol. The molecule has 0 saturated carbocycles. The van der Waals surface area contributed by atoms with E-state index >= 15 is 0 Å². The lowest BCUT2D eigenvalue weighted by atomic mass is 10.1. The summed E-state index contributed by atoms with van der Waals surface area (Å²) in [4.78, 5) is 25.2. The van der Waals surface area contributed by atoms with E-state index in [-0.39, 0.29) is 18.9 Å². The molecule has 9 heteroatoms. The van der Waals surface area contributed by atoms with E-state index in [4.69, 9.17) is 9.05 Å². The molecule has 53 heavy (non-hydrogen) atoms. The van der Waals surface area contributed by atoms with Gasteiger partial charge in [-0.2, -0.15) is 0 Å². The number of phosphoric acid groups is 1. The molecule has 0 heterocycles. The third-order valence-electron chi connectivity index (χ3n) is 8.04. The first-order chi connectivity index (χ1) is 25.5. The molecule has 0 spiro atoms. The largest absolute Gasteiger partial charge is 0.756 e. The standard InChI is InChI=1S/C44H75N2O6P/c1-6-8-10-12-14-16-18-20-21-22-23-24-25-26-28-30-32-34-36-38-44(48)45-42(41-52-53(49,50)51-40-39-46(3,4)5)43(47)37-35-33-31-29-27-19-17-15-13-11-9-7-2/h8,10,14,16,20-21,23-24,26-29,32,34-35,37,42-43,47H,6-7,9,11-13,15,17-19,22,25,30-31,33,36,38-41H2,1-5H3,(H-,45,48,49,50)/b10-8-,16-14-,21-20-,24-23-,28-26-,29-27+,34-32-,37-35+. The maximum Gasteiger partial charge on any atom is 0.268 e. The van der Waals surface area contributed by atoms with Gasteiger partial charge in [0, 0.05) is 6.42 Å². The molecule has 0 radical (unpaired) electrons. The van der Waals surface area contributed by atoms with Crippen molar-refractivity contribution in [1.29, 1.82) is 0 Å². The molecule has 3 unspecified atom stereocenters. The number of amides is 1. The summed E-state index contributed by atoms with van der Waals surface area (Å²) in [5.41, 5.74) is 0. The van der Waals surface area contributed by atoms with Crippen LogP contribution in [0.15, 0.2) is 97.2 Å². The van der Waals surface area contributed by atoms with Crippen molar-refractivity contribution in [1.82, 2.24) is 5.32 Å². The highest BCUT2D eigenvalue weighted by molar-refractivity contribution is 7.45. The first-order valence-corrected chi connectivity index (χ1v) is 21.6. The number of hydrogen-bond donors (Lipinski definition) is 2. The topological polar surface area (TPSA) is 108 Å². The Labute approximate surface area is 324 Å². The molecule has 0 saturated heterocycles. The number of carbonyl (C=O) groups excluding carboxylic acids is 1. The van der Waals surface area contributed by atoms with Crippen molar-refractivity contribution in [2.24, 2.45) is 0 Å². The van der Waals surface area contributed by atoms with Gasteiger partial charge < -0.3 is 28.8 Å². The number of likely N-dealkylation sites (N-methyl/N-ethyl adjacent to an activating group) is 1. The van der Waals surface area contributed by atoms with Gasteiger partial charge >= 0.3 is 0 Å². The van der Waals surface area contributed by atoms with Crippen molar-refractivity contribution in [2.75, 3.05) is 40.9 Å². The van der Waals surface area contributed by atoms with Crippen LogP contribution in [0.2, 0.25) is 0 Å². The van der Waals surface area contributed by atoms with Crippen LogP contribution < -0.4 is 10.2 Å². The number of nitrogens with one attached hydrogen (secondary N) is 1. The van der Waals surface area contributed by atoms with Crippen molar-refractivity contribution >= 4 is 13.7 Å². The summed E-state index contributed by atoms with van der Waals surface area (Å²) in [5.74, 6) is -0.296. The number of aliphatic hydroxyl groups excluding tert-OH is 1. The molecular weight excluding hydrogens is 683 g/mol. The molecule has 0 aromatic rings. The van der Waals surface area contributed by atoms with Gasteiger partial charge in [-0.25, -0.2) is 0 Å². The summed E-state index contributed by atoms with van der Waals surface area (Å²) in [6, 6.07) is -0.948. The third kappa shape index (κ3) is 37.5. The van der Waals surface area contributed by atoms with Crippen LogP contribution in [0.4, 0.5) is 0 Å². The second-order valence-corrected chi connectivity index (χ2v) is 15.7. The Balaban J connectivity index is 4.69. The Morgan fingerprint density at radius 3 is 1.74 bits per heavy atom. The first-order valence-electron chi connectivity index (χ1n) is 20.1. The molecule has 3 atom stereocenters. The average molecular weight is 759 g/mol. The fourth-order valence-electron chi connectivity index (χ4n) is 4.83. The smallest absolute Gasteiger partial charge is 0.268 e. The Bertz CT molecular complexity index is 1180. The molecule has 0 aliphatic heterocycles. The van der Waals surface area contributed by atoms with Gasteiger partial charge in [-0.15, -0.1) is 0 Å². The summed E-state index contributed by atoms with van der Waals surface area (Å²) in [6.45, 7) is 4.39. The van der Waals surface area contributed by atoms with E-state index < -0.39 is 26.6 Å². The van der Waals surface area contributed by atoms with E-state index in [0.29, 0.717) is 17.4 Å². The van der Waals surface area contributed by atoms with Crippen LogP contribution in [-0.2, 0) is 18.4 Å². The fourth-order valence-corrected chi connectivity index (χ4v) is 5.56. The zero-order valence-electron chi connectivity index (χ0n) is 33.9. The SMILES string of the molecule is CC/C=C\C/C=C\C/C=C\C/C=C\C/C=C\C/C=C\CCC(=O)NC(COP(=O)([O-])OCC[N+](C)(C)C)C(O)/C=C/CC/C=C/CCCCCCCC. The molecule has 0 rings (SSSR count). The lowest BCUT2D eigenvalue weighted by Crippen LogP contribution is -2.45. The number of rotatable bonds is 34. The van der Waals surface area contributed by atoms with E-state index in [2.05, 4.69) is 92.1 Å². The zero-order chi connectivity index (χ0) is 39.3. The number of nitrogens with zero attached hydrogens (tertiary/aromatic N) is 1. The second-order valence-electron chi connectivity index (χ2n) is 14.2. The highest BCUT2D eigenvalue weighted by Gasteiger charge is 2.23. The minimum absolute atomic E-state index is 0.0257. The molecule has 2 N–H and O–H groups in total. The van der Waals surface area contributed by atoms with Crippen LogP contribution in [0.3, 0.4) is 0 Å². The van der Waals surface area contributed by atoms with Gasteiger partial charge in [-0.3, -0.25) is 9.36 Å². The number of quaternary nitrogens is 1. The lowest BCUT2D eigenvalue weighted by molar-refractivity contribution is -0.870. The van der Waals surface area contributed by atoms with E-state index in [0.717, 1.165) is 57.8 Å². The summed E-state index contributed by atoms with van der Waals surface area (Å²) in [6.07, 6.45) is 49.0. The predicted octanol–water partition coefficient (Wildman–Crippen LogP) is 10.2. The number of phosphoric ester groups is 1. The van der Waals surface area contributed by atoms with Crippen molar-refractivity contribution in [3.05, 3.63) is 97.2 Å². The van der Waals surface area contributed by atoms with Crippen molar-refractivity contribution in [3.63, 3.8) is 0 Å². The van der Waals surface area contributed by atoms with Gasteiger partial charge in [-0.05, 0) is 70.6 Å². The maximum absolute atomic E-state index is 12.8. The van der Waals surface area contributed by atoms with E-state index in [1.165, 1.54) is 38.5 Å². The minimum atomic E-state index is -4.62. The molecule has 0 fully saturated rings. The molecule has 8 nitrogen and oxygen atoms in total. The maximum atomic E-state index is 12.8. The van der Waals surface area contributed by atoms with Gasteiger partial charge in [-0.1, -0.05) is 143 Å². The molecule has 0 aliphatic carbocycles. The molecule has 0 bridgehead atoms. The summed E-state index contributed by atoms with van der Waals surface area (Å²) >= 11 is 0. The molecule has 0 aromatic heterocycles. The van der Waals surface area contributed by atoms with Crippen molar-refractivity contribution in [3.8, 4) is 0 Å². The molecule has 0 aromatic carbocycles. The molecular formula is C44H75N2O6P. The Morgan fingerprint density at radius 1 is 0.679 bits per heavy atom. The Kier molecular flexibility index (Phi) is 33.4. The zero-order valence-corrected chi connectivity index (χ0v) is 34.8. The van der Waals surface area contributed by atoms with Gasteiger partial charge in [0.2, 0.25) is 5.91 Å². The Hall–Kier alpha value is -2.58. The number of hydrogen-bond acceptors (Lipinski definition) is 6. The van der Waals surface area contributed by atoms with E-state index in [1.807, 2.05) is 39.4 Å². The van der Waals surface area contributed by atoms with E-state index in [9.17, 15) is 19.4 Å². The monoisotopic (exact) mass is 759 g/mol. The van der Waals surface area contributed by atoms with E-state index in [1.54, 1.807) is 6.08 Å². The number of allylic oxidation sites excluding steroid dienone is 15. The Morgan fingerprint density at radius 2 is 1.17 bits per heavy atom. The van der Waals surface area contributed by atoms with Crippen LogP contribution >= 0.6 is 7.82 Å². The lowest BCUT2D eigenvalue weighted by Gasteiger charge is -2.29. The van der Waals surface area contributed by atoms with Crippen LogP contribution in [0.5, 0.6) is 0 Å². The van der Waals surface area contributed by atoms with Gasteiger partial charge in [0.1, 0.15) is 13.2 Å². The number of aliphatic hydroxyl groups is 1. The number of carbonyl (C=O) groups is 1. The highest BCUT2D eigenvalue weighted by Crippen LogP contribution is 2.38. The van der Waals surface area contributed by atoms with Crippen molar-refractivity contribution < 1.29 is 32.9 Å². The van der Waals surface area contributed by atoms with Gasteiger partial charge in [0.25, 0.3) is 7.82 Å². The van der Waals surface area contributed by atoms with Crippen LogP contribution in [0.25, 0.3) is 0 Å². The molecule has 0 aliphatic rings. The molecule has 302 valence electrons. The third-order valence-corrected chi connectivity index (χ3v) is 9.01. The normalized spacial score (nSPS) is 15.5. The van der Waals surface area contributed by atoms with Crippen LogP contribution in [0, 0.1) is 0 Å². The first kappa shape index (κ1) is 50.4. The van der Waals surface area contributed by atoms with Crippen LogP contribution in [-0.4, -0.2) is 68.5 Å². The number of unbranched alkanes of at least 4 members (excludes halogenated alkanes) is 7. The minimum Gasteiger partial charge on any atom is -0.756 e. The summed E-state index contributed by atoms with van der Waals surface area (Å²) in [7, 11) is 1.17. The van der Waals surface area contributed by atoms with Gasteiger partial charge in [0.15, 0.2) is 0 Å².